The van der Waals surface area contributed by atoms with Gasteiger partial charge in [-0.05, 0) is 18.8 Å². The number of carboxylic acid groups (broad SMARTS) is 1. The molecule has 92 valence electrons. The zero-order valence-corrected chi connectivity index (χ0v) is 9.57. The molecule has 1 unspecified atom stereocenters. The molecule has 1 aliphatic rings. The van der Waals surface area contributed by atoms with Gasteiger partial charge in [0.05, 0.1) is 5.92 Å². The highest BCUT2D eigenvalue weighted by atomic mass is 16.5. The summed E-state index contributed by atoms with van der Waals surface area (Å²) in [5.41, 5.74) is 0. The van der Waals surface area contributed by atoms with E-state index in [4.69, 9.17) is 9.84 Å². The van der Waals surface area contributed by atoms with Crippen molar-refractivity contribution in [2.45, 2.75) is 26.2 Å². The van der Waals surface area contributed by atoms with Gasteiger partial charge in [-0.1, -0.05) is 6.92 Å². The lowest BCUT2D eigenvalue weighted by Gasteiger charge is -2.22. The molecule has 1 rings (SSSR count). The number of rotatable bonds is 5. The molecule has 0 aromatic rings. The second-order valence-corrected chi connectivity index (χ2v) is 4.30. The van der Waals surface area contributed by atoms with Crippen molar-refractivity contribution in [1.29, 1.82) is 0 Å². The minimum atomic E-state index is -0.929. The van der Waals surface area contributed by atoms with Gasteiger partial charge in [-0.15, -0.1) is 0 Å². The van der Waals surface area contributed by atoms with Gasteiger partial charge in [-0.2, -0.15) is 0 Å². The van der Waals surface area contributed by atoms with Crippen LogP contribution in [0.2, 0.25) is 0 Å². The van der Waals surface area contributed by atoms with E-state index in [-0.39, 0.29) is 12.3 Å². The first-order valence-electron chi connectivity index (χ1n) is 5.67. The van der Waals surface area contributed by atoms with Gasteiger partial charge in [-0.25, -0.2) is 0 Å². The standard InChI is InChI=1S/C11H19NO4/c1-8(11(14)15)6-10(13)12-7-9-2-4-16-5-3-9/h8-9H,2-7H2,1H3,(H,12,13)(H,14,15). The van der Waals surface area contributed by atoms with Gasteiger partial charge in [0.2, 0.25) is 5.91 Å². The topological polar surface area (TPSA) is 75.6 Å². The Balaban J connectivity index is 2.16. The molecular weight excluding hydrogens is 210 g/mol. The number of carbonyl (C=O) groups excluding carboxylic acids is 1. The van der Waals surface area contributed by atoms with Gasteiger partial charge in [-0.3, -0.25) is 9.59 Å². The van der Waals surface area contributed by atoms with Crippen molar-refractivity contribution in [3.8, 4) is 0 Å². The smallest absolute Gasteiger partial charge is 0.306 e. The molecule has 1 fully saturated rings. The summed E-state index contributed by atoms with van der Waals surface area (Å²) in [6, 6.07) is 0. The molecule has 5 nitrogen and oxygen atoms in total. The molecule has 0 radical (unpaired) electrons. The van der Waals surface area contributed by atoms with Gasteiger partial charge < -0.3 is 15.2 Å². The van der Waals surface area contributed by atoms with Crippen LogP contribution >= 0.6 is 0 Å². The monoisotopic (exact) mass is 229 g/mol. The molecule has 0 saturated carbocycles. The average Bonchev–Trinajstić information content (AvgIpc) is 2.27. The summed E-state index contributed by atoms with van der Waals surface area (Å²) in [6.45, 7) is 3.68. The van der Waals surface area contributed by atoms with Gasteiger partial charge in [0.1, 0.15) is 0 Å². The van der Waals surface area contributed by atoms with Gasteiger partial charge >= 0.3 is 5.97 Å². The lowest BCUT2D eigenvalue weighted by Crippen LogP contribution is -2.33. The second kappa shape index (κ2) is 6.48. The first-order valence-corrected chi connectivity index (χ1v) is 5.67. The zero-order valence-electron chi connectivity index (χ0n) is 9.57. The Labute approximate surface area is 95.2 Å². The summed E-state index contributed by atoms with van der Waals surface area (Å²) >= 11 is 0. The van der Waals surface area contributed by atoms with E-state index in [0.29, 0.717) is 12.5 Å². The molecule has 1 amide bonds. The summed E-state index contributed by atoms with van der Waals surface area (Å²) in [5, 5.41) is 11.4. The van der Waals surface area contributed by atoms with E-state index in [1.165, 1.54) is 6.92 Å². The zero-order chi connectivity index (χ0) is 12.0. The number of hydrogen-bond acceptors (Lipinski definition) is 3. The van der Waals surface area contributed by atoms with Crippen molar-refractivity contribution in [2.24, 2.45) is 11.8 Å². The summed E-state index contributed by atoms with van der Waals surface area (Å²) in [7, 11) is 0. The molecule has 16 heavy (non-hydrogen) atoms. The highest BCUT2D eigenvalue weighted by Crippen LogP contribution is 2.13. The van der Waals surface area contributed by atoms with Crippen LogP contribution in [0, 0.1) is 11.8 Å². The Bertz CT molecular complexity index is 248. The minimum absolute atomic E-state index is 0.0541. The summed E-state index contributed by atoms with van der Waals surface area (Å²) in [5.74, 6) is -1.25. The van der Waals surface area contributed by atoms with E-state index in [1.54, 1.807) is 0 Å². The largest absolute Gasteiger partial charge is 0.481 e. The van der Waals surface area contributed by atoms with Gasteiger partial charge in [0.25, 0.3) is 0 Å². The lowest BCUT2D eigenvalue weighted by molar-refractivity contribution is -0.143. The van der Waals surface area contributed by atoms with Crippen molar-refractivity contribution >= 4 is 11.9 Å². The predicted octanol–water partition coefficient (Wildman–Crippen LogP) is 0.640. The molecular formula is C11H19NO4. The minimum Gasteiger partial charge on any atom is -0.481 e. The van der Waals surface area contributed by atoms with Crippen LogP contribution in [0.3, 0.4) is 0 Å². The van der Waals surface area contributed by atoms with Crippen LogP contribution in [0.1, 0.15) is 26.2 Å². The molecule has 0 spiro atoms. The molecule has 1 aliphatic heterocycles. The molecule has 2 N–H and O–H groups in total. The fourth-order valence-corrected chi connectivity index (χ4v) is 1.65. The first-order chi connectivity index (χ1) is 7.59. The Kier molecular flexibility index (Phi) is 5.25. The number of carboxylic acids is 1. The maximum absolute atomic E-state index is 11.4. The fourth-order valence-electron chi connectivity index (χ4n) is 1.65. The number of hydrogen-bond donors (Lipinski definition) is 2. The van der Waals surface area contributed by atoms with Crippen LogP contribution in [0.15, 0.2) is 0 Å². The predicted molar refractivity (Wildman–Crippen MR) is 58.0 cm³/mol. The normalized spacial score (nSPS) is 19.1. The van der Waals surface area contributed by atoms with Crippen LogP contribution < -0.4 is 5.32 Å². The maximum Gasteiger partial charge on any atom is 0.306 e. The van der Waals surface area contributed by atoms with Crippen molar-refractivity contribution in [3.63, 3.8) is 0 Å². The van der Waals surface area contributed by atoms with E-state index in [9.17, 15) is 9.59 Å². The molecule has 0 bridgehead atoms. The molecule has 0 aliphatic carbocycles. The third-order valence-electron chi connectivity index (χ3n) is 2.84. The summed E-state index contributed by atoms with van der Waals surface area (Å²) in [4.78, 5) is 21.9. The van der Waals surface area contributed by atoms with Crippen molar-refractivity contribution in [1.82, 2.24) is 5.32 Å². The van der Waals surface area contributed by atoms with Crippen LogP contribution in [0.25, 0.3) is 0 Å². The number of carbonyl (C=O) groups is 2. The molecule has 0 aromatic carbocycles. The van der Waals surface area contributed by atoms with Crippen LogP contribution in [-0.4, -0.2) is 36.7 Å². The van der Waals surface area contributed by atoms with Gasteiger partial charge in [0, 0.05) is 26.2 Å². The van der Waals surface area contributed by atoms with E-state index in [0.717, 1.165) is 26.1 Å². The van der Waals surface area contributed by atoms with Crippen molar-refractivity contribution in [2.75, 3.05) is 19.8 Å². The van der Waals surface area contributed by atoms with E-state index < -0.39 is 11.9 Å². The summed E-state index contributed by atoms with van der Waals surface area (Å²) in [6.07, 6.45) is 1.99. The van der Waals surface area contributed by atoms with E-state index >= 15 is 0 Å². The molecule has 1 atom stereocenters. The Morgan fingerprint density at radius 1 is 1.44 bits per heavy atom. The van der Waals surface area contributed by atoms with Crippen molar-refractivity contribution in [3.05, 3.63) is 0 Å². The van der Waals surface area contributed by atoms with Crippen LogP contribution in [0.4, 0.5) is 0 Å². The lowest BCUT2D eigenvalue weighted by atomic mass is 10.00. The van der Waals surface area contributed by atoms with Crippen LogP contribution in [0.5, 0.6) is 0 Å². The second-order valence-electron chi connectivity index (χ2n) is 4.30. The van der Waals surface area contributed by atoms with Gasteiger partial charge in [0.15, 0.2) is 0 Å². The summed E-state index contributed by atoms with van der Waals surface area (Å²) < 4.78 is 5.21. The van der Waals surface area contributed by atoms with E-state index in [2.05, 4.69) is 5.32 Å². The SMILES string of the molecule is CC(CC(=O)NCC1CCOCC1)C(=O)O. The Hall–Kier alpha value is -1.10. The Morgan fingerprint density at radius 2 is 2.06 bits per heavy atom. The molecule has 1 heterocycles. The number of amides is 1. The molecule has 0 aromatic heterocycles. The maximum atomic E-state index is 11.4. The third kappa shape index (κ3) is 4.61. The fraction of sp³-hybridized carbons (Fsp3) is 0.818. The highest BCUT2D eigenvalue weighted by molar-refractivity contribution is 5.81. The molecule has 5 heteroatoms. The molecule has 1 saturated heterocycles. The number of ether oxygens (including phenoxy) is 1. The Morgan fingerprint density at radius 3 is 2.62 bits per heavy atom. The van der Waals surface area contributed by atoms with E-state index in [1.807, 2.05) is 0 Å². The number of nitrogens with one attached hydrogen (secondary N) is 1. The average molecular weight is 229 g/mol. The quantitative estimate of drug-likeness (QED) is 0.725. The number of aliphatic carboxylic acids is 1. The van der Waals surface area contributed by atoms with Crippen molar-refractivity contribution < 1.29 is 19.4 Å². The third-order valence-corrected chi connectivity index (χ3v) is 2.84. The first kappa shape index (κ1) is 13.0. The van der Waals surface area contributed by atoms with Crippen LogP contribution in [-0.2, 0) is 14.3 Å². The highest BCUT2D eigenvalue weighted by Gasteiger charge is 2.18.